The molecule has 1 N–H and O–H groups in total. The maximum Gasteiger partial charge on any atom is 0.494 e. The summed E-state index contributed by atoms with van der Waals surface area (Å²) in [4.78, 5) is 27.5. The predicted molar refractivity (Wildman–Crippen MR) is 145 cm³/mol. The molecule has 10 heteroatoms. The van der Waals surface area contributed by atoms with Gasteiger partial charge in [0, 0.05) is 36.9 Å². The summed E-state index contributed by atoms with van der Waals surface area (Å²) in [6, 6.07) is 3.04. The third-order valence-corrected chi connectivity index (χ3v) is 11.1. The summed E-state index contributed by atoms with van der Waals surface area (Å²) < 4.78 is 43.6. The maximum absolute atomic E-state index is 15.0. The Morgan fingerprint density at radius 2 is 1.93 bits per heavy atom. The minimum absolute atomic E-state index is 0.0283. The molecule has 0 radical (unpaired) electrons. The highest BCUT2D eigenvalue weighted by molar-refractivity contribution is 6.61. The summed E-state index contributed by atoms with van der Waals surface area (Å²) in [5.41, 5.74) is -0.983. The molecule has 0 unspecified atom stereocenters. The molecule has 220 valence electrons. The van der Waals surface area contributed by atoms with E-state index in [0.717, 1.165) is 25.7 Å². The van der Waals surface area contributed by atoms with Crippen molar-refractivity contribution in [2.24, 2.45) is 34.0 Å². The second-order valence-corrected chi connectivity index (χ2v) is 13.0. The van der Waals surface area contributed by atoms with Crippen LogP contribution in [-0.2, 0) is 35.1 Å². The molecule has 8 nitrogen and oxygen atoms in total. The van der Waals surface area contributed by atoms with E-state index >= 15 is 4.39 Å². The Balaban J connectivity index is 1.46. The van der Waals surface area contributed by atoms with E-state index < -0.39 is 42.4 Å². The molecular weight excluding hydrogens is 518 g/mol. The topological polar surface area (TPSA) is 101 Å². The van der Waals surface area contributed by atoms with Crippen molar-refractivity contribution >= 4 is 24.3 Å². The van der Waals surface area contributed by atoms with Crippen LogP contribution in [-0.4, -0.2) is 63.5 Å². The van der Waals surface area contributed by atoms with E-state index in [0.29, 0.717) is 12.0 Å². The van der Waals surface area contributed by atoms with E-state index in [4.69, 9.17) is 23.6 Å². The zero-order valence-corrected chi connectivity index (χ0v) is 24.5. The van der Waals surface area contributed by atoms with Gasteiger partial charge in [-0.05, 0) is 55.1 Å². The van der Waals surface area contributed by atoms with Crippen molar-refractivity contribution in [2.75, 3.05) is 27.4 Å². The molecular formula is C30H42BFO8. The molecule has 40 heavy (non-hydrogen) atoms. The summed E-state index contributed by atoms with van der Waals surface area (Å²) in [5, 5.41) is 9.96. The van der Waals surface area contributed by atoms with Crippen molar-refractivity contribution in [2.45, 2.75) is 78.6 Å². The lowest BCUT2D eigenvalue weighted by Gasteiger charge is -2.61. The van der Waals surface area contributed by atoms with Crippen LogP contribution < -0.4 is 10.2 Å². The third-order valence-electron chi connectivity index (χ3n) is 11.1. The van der Waals surface area contributed by atoms with Crippen LogP contribution in [0.1, 0.15) is 65.4 Å². The molecule has 3 fully saturated rings. The van der Waals surface area contributed by atoms with Crippen molar-refractivity contribution in [1.29, 1.82) is 0 Å². The average molecular weight is 560 g/mol. The van der Waals surface area contributed by atoms with E-state index in [1.807, 2.05) is 6.92 Å². The normalized spacial score (nSPS) is 38.9. The van der Waals surface area contributed by atoms with Crippen LogP contribution in [0.25, 0.3) is 0 Å². The molecule has 3 aliphatic carbocycles. The van der Waals surface area contributed by atoms with Crippen molar-refractivity contribution in [3.8, 4) is 5.75 Å². The van der Waals surface area contributed by atoms with Crippen LogP contribution in [0.4, 0.5) is 4.39 Å². The van der Waals surface area contributed by atoms with Gasteiger partial charge in [-0.15, -0.1) is 0 Å². The molecule has 3 saturated carbocycles. The highest BCUT2D eigenvalue weighted by Gasteiger charge is 2.68. The van der Waals surface area contributed by atoms with Gasteiger partial charge in [0.1, 0.15) is 11.9 Å². The van der Waals surface area contributed by atoms with Crippen molar-refractivity contribution in [3.05, 3.63) is 23.5 Å². The van der Waals surface area contributed by atoms with Crippen LogP contribution in [0.5, 0.6) is 5.75 Å². The number of esters is 1. The Labute approximate surface area is 236 Å². The molecule has 8 atom stereocenters. The van der Waals surface area contributed by atoms with Crippen LogP contribution in [0, 0.1) is 39.8 Å². The lowest BCUT2D eigenvalue weighted by atomic mass is 9.44. The second-order valence-electron chi connectivity index (χ2n) is 13.0. The Morgan fingerprint density at radius 1 is 1.20 bits per heavy atom. The van der Waals surface area contributed by atoms with E-state index in [2.05, 4.69) is 20.8 Å². The number of hydrogen-bond acceptors (Lipinski definition) is 8. The number of fused-ring (bicyclic) bond motifs is 1. The molecule has 0 spiro atoms. The number of carbonyl (C=O) groups excluding carboxylic acids is 2. The Kier molecular flexibility index (Phi) is 7.87. The quantitative estimate of drug-likeness (QED) is 0.400. The molecule has 0 saturated heterocycles. The fourth-order valence-electron chi connectivity index (χ4n) is 8.81. The van der Waals surface area contributed by atoms with E-state index in [1.165, 1.54) is 6.07 Å². The van der Waals surface area contributed by atoms with E-state index in [9.17, 15) is 14.6 Å². The molecule has 5 rings (SSSR count). The number of ketones is 1. The van der Waals surface area contributed by atoms with Crippen LogP contribution in [0.2, 0.25) is 0 Å². The number of halogens is 1. The van der Waals surface area contributed by atoms with Gasteiger partial charge < -0.3 is 28.6 Å². The van der Waals surface area contributed by atoms with Gasteiger partial charge in [-0.1, -0.05) is 33.8 Å². The van der Waals surface area contributed by atoms with Crippen LogP contribution in [0.15, 0.2) is 12.1 Å². The van der Waals surface area contributed by atoms with E-state index in [1.54, 1.807) is 20.3 Å². The van der Waals surface area contributed by atoms with Crippen LogP contribution >= 0.6 is 0 Å². The Hall–Kier alpha value is -2.01. The van der Waals surface area contributed by atoms with Gasteiger partial charge in [-0.2, -0.15) is 0 Å². The van der Waals surface area contributed by atoms with Gasteiger partial charge in [0.15, 0.2) is 18.2 Å². The van der Waals surface area contributed by atoms with Gasteiger partial charge in [0.05, 0.1) is 24.7 Å². The van der Waals surface area contributed by atoms with Crippen molar-refractivity contribution in [3.63, 3.8) is 0 Å². The molecule has 2 bridgehead atoms. The first-order chi connectivity index (χ1) is 18.9. The monoisotopic (exact) mass is 560 g/mol. The molecule has 0 aromatic heterocycles. The molecule has 1 aromatic carbocycles. The number of methoxy groups -OCH3 is 2. The summed E-state index contributed by atoms with van der Waals surface area (Å²) in [7, 11) is 1.95. The number of carbonyl (C=O) groups is 2. The highest BCUT2D eigenvalue weighted by Crippen LogP contribution is 2.68. The molecule has 1 aromatic rings. The summed E-state index contributed by atoms with van der Waals surface area (Å²) >= 11 is 0. The number of ether oxygens (including phenoxy) is 4. The standard InChI is InChI=1S/C30H42BFO8/c1-17-9-11-30-12-10-21(37-6)26(30)29(17,4)22(13-28(3,16-36-5)27(34)18(30)2)40-23(33)15-38-20-8-7-19-14-39-31(35)24(19)25(20)32/h7-8,17-18,21-22,26,35H,9-16H2,1-6H3/t17-,18+,21-,22-,26-,28+,29+,30+/m1/s1. The van der Waals surface area contributed by atoms with Crippen molar-refractivity contribution < 1.29 is 42.6 Å². The first-order valence-electron chi connectivity index (χ1n) is 14.4. The predicted octanol–water partition coefficient (Wildman–Crippen LogP) is 3.44. The summed E-state index contributed by atoms with van der Waals surface area (Å²) in [6.07, 6.45) is 3.29. The van der Waals surface area contributed by atoms with Crippen LogP contribution in [0.3, 0.4) is 0 Å². The molecule has 1 aliphatic heterocycles. The number of hydrogen-bond donors (Lipinski definition) is 1. The Bertz CT molecular complexity index is 1160. The van der Waals surface area contributed by atoms with E-state index in [-0.39, 0.29) is 59.5 Å². The molecule has 1 heterocycles. The largest absolute Gasteiger partial charge is 0.494 e. The zero-order chi connectivity index (χ0) is 29.0. The summed E-state index contributed by atoms with van der Waals surface area (Å²) in [6.45, 7) is 8.23. The SMILES string of the molecule is COC[C@]1(C)C[C@@H](OC(=O)COc2ccc3c(c2F)B(O)OC3)[C@]2(C)[C@H](C)CC[C@]3(CC[C@@H](OC)[C@@H]32)[C@@H](C)C1=O. The lowest BCUT2D eigenvalue weighted by Crippen LogP contribution is -2.63. The maximum atomic E-state index is 15.0. The summed E-state index contributed by atoms with van der Waals surface area (Å²) in [5.74, 6) is -1.33. The zero-order valence-electron chi connectivity index (χ0n) is 24.5. The van der Waals surface area contributed by atoms with Gasteiger partial charge in [-0.25, -0.2) is 9.18 Å². The third kappa shape index (κ3) is 4.41. The highest BCUT2D eigenvalue weighted by atomic mass is 19.1. The number of benzene rings is 1. The minimum atomic E-state index is -1.37. The smallest absolute Gasteiger partial charge is 0.479 e. The first kappa shape index (κ1) is 29.5. The second kappa shape index (κ2) is 10.7. The Morgan fingerprint density at radius 3 is 2.62 bits per heavy atom. The van der Waals surface area contributed by atoms with Crippen molar-refractivity contribution in [1.82, 2.24) is 0 Å². The molecule has 0 amide bonds. The first-order valence-corrected chi connectivity index (χ1v) is 14.4. The lowest BCUT2D eigenvalue weighted by molar-refractivity contribution is -0.209. The van der Waals surface area contributed by atoms with Gasteiger partial charge in [0.25, 0.3) is 0 Å². The number of Topliss-reactive ketones (excluding diaryl/α,β-unsaturated/α-hetero) is 1. The molecule has 4 aliphatic rings. The fraction of sp³-hybridized carbons (Fsp3) is 0.733. The average Bonchev–Trinajstić information content (AvgIpc) is 3.51. The van der Waals surface area contributed by atoms with Gasteiger partial charge in [0.2, 0.25) is 0 Å². The number of rotatable bonds is 7. The van der Waals surface area contributed by atoms with Gasteiger partial charge in [-0.3, -0.25) is 4.79 Å². The fourth-order valence-corrected chi connectivity index (χ4v) is 8.81. The minimum Gasteiger partial charge on any atom is -0.479 e. The van der Waals surface area contributed by atoms with Gasteiger partial charge >= 0.3 is 13.1 Å².